The summed E-state index contributed by atoms with van der Waals surface area (Å²) in [5.74, 6) is 0.707. The summed E-state index contributed by atoms with van der Waals surface area (Å²) in [4.78, 5) is 16.7. The fourth-order valence-electron chi connectivity index (χ4n) is 2.48. The highest BCUT2D eigenvalue weighted by Gasteiger charge is 2.08. The van der Waals surface area contributed by atoms with Crippen molar-refractivity contribution in [3.05, 3.63) is 72.7 Å². The van der Waals surface area contributed by atoms with E-state index in [9.17, 15) is 4.79 Å². The number of hydrogen-bond acceptors (Lipinski definition) is 4. The molecule has 0 saturated carbocycles. The second kappa shape index (κ2) is 6.78. The Morgan fingerprint density at radius 1 is 1.08 bits per heavy atom. The average Bonchev–Trinajstić information content (AvgIpc) is 3.29. The Morgan fingerprint density at radius 3 is 2.84 bits per heavy atom. The van der Waals surface area contributed by atoms with Crippen molar-refractivity contribution in [1.29, 1.82) is 0 Å². The van der Waals surface area contributed by atoms with E-state index >= 15 is 0 Å². The van der Waals surface area contributed by atoms with Crippen molar-refractivity contribution in [2.45, 2.75) is 6.54 Å². The lowest BCUT2D eigenvalue weighted by Gasteiger charge is -2.07. The van der Waals surface area contributed by atoms with E-state index in [1.807, 2.05) is 48.5 Å². The Kier molecular flexibility index (Phi) is 4.18. The smallest absolute Gasteiger partial charge is 0.319 e. The summed E-state index contributed by atoms with van der Waals surface area (Å²) in [5.41, 5.74) is 2.68. The summed E-state index contributed by atoms with van der Waals surface area (Å²) in [6, 6.07) is 19.0. The van der Waals surface area contributed by atoms with E-state index < -0.39 is 0 Å². The van der Waals surface area contributed by atoms with E-state index in [0.29, 0.717) is 18.0 Å². The summed E-state index contributed by atoms with van der Waals surface area (Å²) in [7, 11) is 0. The van der Waals surface area contributed by atoms with Gasteiger partial charge in [0.25, 0.3) is 0 Å². The number of hydrogen-bond donors (Lipinski definition) is 2. The fourth-order valence-corrected chi connectivity index (χ4v) is 3.44. The summed E-state index contributed by atoms with van der Waals surface area (Å²) < 4.78 is 6.34. The van der Waals surface area contributed by atoms with Gasteiger partial charge in [0.1, 0.15) is 10.8 Å². The van der Waals surface area contributed by atoms with Crippen LogP contribution in [0, 0.1) is 0 Å². The van der Waals surface area contributed by atoms with Gasteiger partial charge in [-0.3, -0.25) is 0 Å². The van der Waals surface area contributed by atoms with Crippen molar-refractivity contribution in [2.24, 2.45) is 0 Å². The number of aromatic nitrogens is 1. The average molecular weight is 349 g/mol. The van der Waals surface area contributed by atoms with Crippen molar-refractivity contribution >= 4 is 33.3 Å². The molecule has 0 bridgehead atoms. The number of furan rings is 1. The summed E-state index contributed by atoms with van der Waals surface area (Å²) in [6.45, 7) is 0.344. The molecule has 2 heterocycles. The Labute approximate surface area is 148 Å². The van der Waals surface area contributed by atoms with E-state index in [-0.39, 0.29) is 6.03 Å². The molecule has 0 aliphatic carbocycles. The van der Waals surface area contributed by atoms with E-state index in [1.165, 1.54) is 0 Å². The number of benzene rings is 2. The molecule has 5 nitrogen and oxygen atoms in total. The lowest BCUT2D eigenvalue weighted by atomic mass is 10.2. The molecule has 0 fully saturated rings. The quantitative estimate of drug-likeness (QED) is 0.552. The third-order valence-electron chi connectivity index (χ3n) is 3.66. The van der Waals surface area contributed by atoms with Crippen LogP contribution in [0.25, 0.3) is 20.8 Å². The van der Waals surface area contributed by atoms with Crippen molar-refractivity contribution in [3.8, 4) is 10.6 Å². The zero-order chi connectivity index (χ0) is 17.1. The highest BCUT2D eigenvalue weighted by Crippen LogP contribution is 2.31. The predicted octanol–water partition coefficient (Wildman–Crippen LogP) is 4.88. The van der Waals surface area contributed by atoms with Crippen molar-refractivity contribution in [2.75, 3.05) is 5.32 Å². The molecule has 25 heavy (non-hydrogen) atoms. The van der Waals surface area contributed by atoms with Gasteiger partial charge < -0.3 is 15.1 Å². The largest absolute Gasteiger partial charge is 0.467 e. The molecule has 0 atom stereocenters. The maximum atomic E-state index is 12.0. The molecule has 0 aliphatic heterocycles. The first-order valence-electron chi connectivity index (χ1n) is 7.81. The van der Waals surface area contributed by atoms with Crippen LogP contribution in [-0.2, 0) is 6.54 Å². The van der Waals surface area contributed by atoms with Crippen LogP contribution in [0.15, 0.2) is 71.3 Å². The minimum Gasteiger partial charge on any atom is -0.467 e. The molecular formula is C19H15N3O2S. The molecule has 0 saturated heterocycles. The van der Waals surface area contributed by atoms with Gasteiger partial charge in [-0.05, 0) is 36.4 Å². The minimum atomic E-state index is -0.280. The molecule has 0 aliphatic rings. The second-order valence-electron chi connectivity index (χ2n) is 5.45. The van der Waals surface area contributed by atoms with E-state index in [1.54, 1.807) is 23.7 Å². The SMILES string of the molecule is O=C(NCc1ccco1)Nc1cccc(-c2nc3ccccc3s2)c1. The second-order valence-corrected chi connectivity index (χ2v) is 6.49. The molecule has 2 amide bonds. The van der Waals surface area contributed by atoms with Crippen molar-refractivity contribution in [3.63, 3.8) is 0 Å². The number of nitrogens with one attached hydrogen (secondary N) is 2. The Bertz CT molecular complexity index is 975. The van der Waals surface area contributed by atoms with E-state index in [2.05, 4.69) is 21.7 Å². The van der Waals surface area contributed by atoms with Crippen LogP contribution >= 0.6 is 11.3 Å². The number of rotatable bonds is 4. The van der Waals surface area contributed by atoms with E-state index in [0.717, 1.165) is 20.8 Å². The first-order chi connectivity index (χ1) is 12.3. The van der Waals surface area contributed by atoms with Gasteiger partial charge in [0, 0.05) is 11.3 Å². The zero-order valence-electron chi connectivity index (χ0n) is 13.2. The van der Waals surface area contributed by atoms with Gasteiger partial charge in [-0.1, -0.05) is 24.3 Å². The topological polar surface area (TPSA) is 67.2 Å². The summed E-state index contributed by atoms with van der Waals surface area (Å²) >= 11 is 1.63. The maximum Gasteiger partial charge on any atom is 0.319 e. The number of amides is 2. The normalized spacial score (nSPS) is 10.7. The summed E-state index contributed by atoms with van der Waals surface area (Å²) in [6.07, 6.45) is 1.58. The molecule has 6 heteroatoms. The van der Waals surface area contributed by atoms with Gasteiger partial charge in [-0.25, -0.2) is 9.78 Å². The van der Waals surface area contributed by atoms with Crippen LogP contribution in [-0.4, -0.2) is 11.0 Å². The molecule has 124 valence electrons. The Morgan fingerprint density at radius 2 is 2.00 bits per heavy atom. The molecule has 2 aromatic carbocycles. The van der Waals surface area contributed by atoms with Crippen LogP contribution in [0.5, 0.6) is 0 Å². The fraction of sp³-hybridized carbons (Fsp3) is 0.0526. The number of thiazole rings is 1. The first kappa shape index (κ1) is 15.4. The zero-order valence-corrected chi connectivity index (χ0v) is 14.0. The van der Waals surface area contributed by atoms with Gasteiger partial charge in [0.05, 0.1) is 23.0 Å². The van der Waals surface area contributed by atoms with Crippen LogP contribution in [0.4, 0.5) is 10.5 Å². The highest BCUT2D eigenvalue weighted by atomic mass is 32.1. The summed E-state index contributed by atoms with van der Waals surface area (Å²) in [5, 5.41) is 6.52. The van der Waals surface area contributed by atoms with Crippen LogP contribution in [0.3, 0.4) is 0 Å². The van der Waals surface area contributed by atoms with Crippen LogP contribution < -0.4 is 10.6 Å². The number of fused-ring (bicyclic) bond motifs is 1. The van der Waals surface area contributed by atoms with Gasteiger partial charge >= 0.3 is 6.03 Å². The predicted molar refractivity (Wildman–Crippen MR) is 99.6 cm³/mol. The van der Waals surface area contributed by atoms with Gasteiger partial charge in [0.2, 0.25) is 0 Å². The van der Waals surface area contributed by atoms with E-state index in [4.69, 9.17) is 4.42 Å². The lowest BCUT2D eigenvalue weighted by molar-refractivity contribution is 0.251. The molecule has 0 spiro atoms. The number of carbonyl (C=O) groups is 1. The molecule has 0 radical (unpaired) electrons. The highest BCUT2D eigenvalue weighted by molar-refractivity contribution is 7.21. The Balaban J connectivity index is 1.48. The standard InChI is InChI=1S/C19H15N3O2S/c23-19(20-12-15-7-4-10-24-15)21-14-6-3-5-13(11-14)18-22-16-8-1-2-9-17(16)25-18/h1-11H,12H2,(H2,20,21,23). The van der Waals surface area contributed by atoms with Crippen LogP contribution in [0.1, 0.15) is 5.76 Å². The number of nitrogens with zero attached hydrogens (tertiary/aromatic N) is 1. The maximum absolute atomic E-state index is 12.0. The molecular weight excluding hydrogens is 334 g/mol. The molecule has 4 aromatic rings. The monoisotopic (exact) mass is 349 g/mol. The van der Waals surface area contributed by atoms with Crippen molar-refractivity contribution < 1.29 is 9.21 Å². The van der Waals surface area contributed by atoms with Crippen molar-refractivity contribution in [1.82, 2.24) is 10.3 Å². The Hall–Kier alpha value is -3.12. The third-order valence-corrected chi connectivity index (χ3v) is 4.75. The molecule has 2 aromatic heterocycles. The molecule has 2 N–H and O–H groups in total. The number of para-hydroxylation sites is 1. The number of urea groups is 1. The van der Waals surface area contributed by atoms with Gasteiger partial charge in [-0.15, -0.1) is 11.3 Å². The number of anilines is 1. The molecule has 0 unspecified atom stereocenters. The third kappa shape index (κ3) is 3.54. The van der Waals surface area contributed by atoms with Crippen LogP contribution in [0.2, 0.25) is 0 Å². The molecule has 4 rings (SSSR count). The van der Waals surface area contributed by atoms with Gasteiger partial charge in [-0.2, -0.15) is 0 Å². The minimum absolute atomic E-state index is 0.280. The first-order valence-corrected chi connectivity index (χ1v) is 8.63. The lowest BCUT2D eigenvalue weighted by Crippen LogP contribution is -2.27. The van der Waals surface area contributed by atoms with Gasteiger partial charge in [0.15, 0.2) is 0 Å². The number of carbonyl (C=O) groups excluding carboxylic acids is 1.